The van der Waals surface area contributed by atoms with Gasteiger partial charge in [0.2, 0.25) is 5.89 Å². The van der Waals surface area contributed by atoms with Crippen LogP contribution in [0.3, 0.4) is 0 Å². The number of hydrogen-bond acceptors (Lipinski definition) is 5. The van der Waals surface area contributed by atoms with Crippen LogP contribution in [0.2, 0.25) is 5.02 Å². The van der Waals surface area contributed by atoms with Crippen molar-refractivity contribution in [2.24, 2.45) is 0 Å². The molecular formula is C15H18ClN3O2. The van der Waals surface area contributed by atoms with Gasteiger partial charge in [0.1, 0.15) is 5.75 Å². The summed E-state index contributed by atoms with van der Waals surface area (Å²) in [5, 5.41) is 8.37. The van der Waals surface area contributed by atoms with Gasteiger partial charge in [0.25, 0.3) is 5.89 Å². The molecular weight excluding hydrogens is 290 g/mol. The SMILES string of the molecule is Cc1nnc(COc2ccc(N3CCCCC3)c(Cl)c2)o1. The number of aromatic nitrogens is 2. The molecule has 1 aliphatic rings. The van der Waals surface area contributed by atoms with Crippen LogP contribution in [0.25, 0.3) is 0 Å². The van der Waals surface area contributed by atoms with Crippen molar-refractivity contribution in [3.63, 3.8) is 0 Å². The second kappa shape index (κ2) is 6.35. The minimum Gasteiger partial charge on any atom is -0.484 e. The number of ether oxygens (including phenoxy) is 1. The molecule has 0 unspecified atom stereocenters. The second-order valence-corrected chi connectivity index (χ2v) is 5.57. The second-order valence-electron chi connectivity index (χ2n) is 5.16. The van der Waals surface area contributed by atoms with E-state index < -0.39 is 0 Å². The van der Waals surface area contributed by atoms with Gasteiger partial charge in [-0.15, -0.1) is 10.2 Å². The predicted octanol–water partition coefficient (Wildman–Crippen LogP) is 3.60. The van der Waals surface area contributed by atoms with E-state index in [9.17, 15) is 0 Å². The summed E-state index contributed by atoms with van der Waals surface area (Å²) in [6.45, 7) is 4.14. The Morgan fingerprint density at radius 1 is 1.24 bits per heavy atom. The molecule has 21 heavy (non-hydrogen) atoms. The third-order valence-electron chi connectivity index (χ3n) is 3.55. The summed E-state index contributed by atoms with van der Waals surface area (Å²) in [6, 6.07) is 5.79. The number of rotatable bonds is 4. The highest BCUT2D eigenvalue weighted by Gasteiger charge is 2.14. The summed E-state index contributed by atoms with van der Waals surface area (Å²) in [6.07, 6.45) is 3.76. The summed E-state index contributed by atoms with van der Waals surface area (Å²) in [5.41, 5.74) is 1.08. The number of nitrogens with zero attached hydrogens (tertiary/aromatic N) is 3. The third-order valence-corrected chi connectivity index (χ3v) is 3.85. The predicted molar refractivity (Wildman–Crippen MR) is 80.9 cm³/mol. The van der Waals surface area contributed by atoms with Gasteiger partial charge in [-0.2, -0.15) is 0 Å². The Balaban J connectivity index is 1.65. The number of piperidine rings is 1. The van der Waals surface area contributed by atoms with E-state index in [4.69, 9.17) is 20.8 Å². The zero-order valence-corrected chi connectivity index (χ0v) is 12.8. The maximum Gasteiger partial charge on any atom is 0.253 e. The molecule has 0 aliphatic carbocycles. The maximum absolute atomic E-state index is 6.38. The smallest absolute Gasteiger partial charge is 0.253 e. The van der Waals surface area contributed by atoms with E-state index in [1.54, 1.807) is 6.92 Å². The summed E-state index contributed by atoms with van der Waals surface area (Å²) >= 11 is 6.38. The van der Waals surface area contributed by atoms with Gasteiger partial charge >= 0.3 is 0 Å². The van der Waals surface area contributed by atoms with Crippen LogP contribution in [0.15, 0.2) is 22.6 Å². The van der Waals surface area contributed by atoms with Crippen LogP contribution >= 0.6 is 11.6 Å². The van der Waals surface area contributed by atoms with Crippen LogP contribution in [0.1, 0.15) is 31.0 Å². The maximum atomic E-state index is 6.38. The molecule has 2 aromatic rings. The molecule has 0 amide bonds. The number of benzene rings is 1. The normalized spacial score (nSPS) is 15.2. The minimum atomic E-state index is 0.250. The molecule has 1 aromatic heterocycles. The van der Waals surface area contributed by atoms with Gasteiger partial charge in [0.05, 0.1) is 10.7 Å². The summed E-state index contributed by atoms with van der Waals surface area (Å²) in [7, 11) is 0. The van der Waals surface area contributed by atoms with E-state index in [1.807, 2.05) is 18.2 Å². The lowest BCUT2D eigenvalue weighted by Gasteiger charge is -2.29. The first-order valence-electron chi connectivity index (χ1n) is 7.18. The van der Waals surface area contributed by atoms with Crippen molar-refractivity contribution in [2.75, 3.05) is 18.0 Å². The van der Waals surface area contributed by atoms with Crippen molar-refractivity contribution in [3.8, 4) is 5.75 Å². The Bertz CT molecular complexity index is 609. The fraction of sp³-hybridized carbons (Fsp3) is 0.467. The molecule has 1 saturated heterocycles. The highest BCUT2D eigenvalue weighted by Crippen LogP contribution is 2.31. The molecule has 2 heterocycles. The average molecular weight is 308 g/mol. The lowest BCUT2D eigenvalue weighted by molar-refractivity contribution is 0.260. The van der Waals surface area contributed by atoms with E-state index in [1.165, 1.54) is 19.3 Å². The van der Waals surface area contributed by atoms with Gasteiger partial charge in [-0.1, -0.05) is 11.6 Å². The van der Waals surface area contributed by atoms with Crippen molar-refractivity contribution in [1.29, 1.82) is 0 Å². The zero-order chi connectivity index (χ0) is 14.7. The molecule has 0 N–H and O–H groups in total. The Kier molecular flexibility index (Phi) is 4.29. The average Bonchev–Trinajstić information content (AvgIpc) is 2.92. The van der Waals surface area contributed by atoms with Crippen molar-refractivity contribution < 1.29 is 9.15 Å². The number of anilines is 1. The molecule has 0 bridgehead atoms. The fourth-order valence-electron chi connectivity index (χ4n) is 2.51. The molecule has 1 aromatic carbocycles. The van der Waals surface area contributed by atoms with Crippen LogP contribution in [0, 0.1) is 6.92 Å². The largest absolute Gasteiger partial charge is 0.484 e. The highest BCUT2D eigenvalue weighted by atomic mass is 35.5. The van der Waals surface area contributed by atoms with Gasteiger partial charge in [0.15, 0.2) is 6.61 Å². The molecule has 1 fully saturated rings. The lowest BCUT2D eigenvalue weighted by Crippen LogP contribution is -2.29. The molecule has 6 heteroatoms. The zero-order valence-electron chi connectivity index (χ0n) is 12.0. The summed E-state index contributed by atoms with van der Waals surface area (Å²) in [4.78, 5) is 2.33. The van der Waals surface area contributed by atoms with Crippen LogP contribution in [0.5, 0.6) is 5.75 Å². The van der Waals surface area contributed by atoms with Crippen LogP contribution < -0.4 is 9.64 Å². The van der Waals surface area contributed by atoms with Gasteiger partial charge in [-0.05, 0) is 31.4 Å². The topological polar surface area (TPSA) is 51.4 Å². The van der Waals surface area contributed by atoms with Crippen molar-refractivity contribution in [2.45, 2.75) is 32.8 Å². The molecule has 0 radical (unpaired) electrons. The molecule has 1 aliphatic heterocycles. The quantitative estimate of drug-likeness (QED) is 0.864. The van der Waals surface area contributed by atoms with Gasteiger partial charge < -0.3 is 14.1 Å². The first-order chi connectivity index (χ1) is 10.2. The van der Waals surface area contributed by atoms with Crippen molar-refractivity contribution in [3.05, 3.63) is 35.0 Å². The van der Waals surface area contributed by atoms with Gasteiger partial charge in [0, 0.05) is 26.1 Å². The molecule has 3 rings (SSSR count). The Morgan fingerprint density at radius 3 is 2.71 bits per heavy atom. The van der Waals surface area contributed by atoms with Crippen molar-refractivity contribution in [1.82, 2.24) is 10.2 Å². The number of hydrogen-bond donors (Lipinski definition) is 0. The van der Waals surface area contributed by atoms with E-state index in [-0.39, 0.29) is 6.61 Å². The monoisotopic (exact) mass is 307 g/mol. The summed E-state index contributed by atoms with van der Waals surface area (Å²) < 4.78 is 10.9. The van der Waals surface area contributed by atoms with E-state index in [0.29, 0.717) is 17.5 Å². The molecule has 0 saturated carbocycles. The van der Waals surface area contributed by atoms with Crippen LogP contribution in [-0.4, -0.2) is 23.3 Å². The van der Waals surface area contributed by atoms with E-state index in [0.717, 1.165) is 23.8 Å². The third kappa shape index (κ3) is 3.47. The Hall–Kier alpha value is -1.75. The first-order valence-corrected chi connectivity index (χ1v) is 7.56. The Labute approximate surface area is 128 Å². The molecule has 0 spiro atoms. The van der Waals surface area contributed by atoms with Gasteiger partial charge in [-0.25, -0.2) is 0 Å². The molecule has 112 valence electrons. The number of aryl methyl sites for hydroxylation is 1. The van der Waals surface area contributed by atoms with Crippen LogP contribution in [0.4, 0.5) is 5.69 Å². The molecule has 0 atom stereocenters. The van der Waals surface area contributed by atoms with E-state index >= 15 is 0 Å². The summed E-state index contributed by atoms with van der Waals surface area (Å²) in [5.74, 6) is 1.70. The first kappa shape index (κ1) is 14.2. The standard InChI is InChI=1S/C15H18ClN3O2/c1-11-17-18-15(21-11)10-20-12-5-6-14(13(16)9-12)19-7-3-2-4-8-19/h5-6,9H,2-4,7-8,10H2,1H3. The molecule has 5 nitrogen and oxygen atoms in total. The van der Waals surface area contributed by atoms with E-state index in [2.05, 4.69) is 15.1 Å². The highest BCUT2D eigenvalue weighted by molar-refractivity contribution is 6.33. The van der Waals surface area contributed by atoms with Crippen molar-refractivity contribution >= 4 is 17.3 Å². The van der Waals surface area contributed by atoms with Gasteiger partial charge in [-0.3, -0.25) is 0 Å². The minimum absolute atomic E-state index is 0.250. The number of halogens is 1. The lowest BCUT2D eigenvalue weighted by atomic mass is 10.1. The Morgan fingerprint density at radius 2 is 2.05 bits per heavy atom. The van der Waals surface area contributed by atoms with Crippen LogP contribution in [-0.2, 0) is 6.61 Å². The fourth-order valence-corrected chi connectivity index (χ4v) is 2.80.